The molecule has 3 atom stereocenters. The predicted octanol–water partition coefficient (Wildman–Crippen LogP) is 3.97. The molecule has 1 aliphatic heterocycles. The molecule has 1 saturated heterocycles. The molecule has 1 aromatic rings. The highest BCUT2D eigenvalue weighted by molar-refractivity contribution is 7.09. The second kappa shape index (κ2) is 3.92. The van der Waals surface area contributed by atoms with Crippen LogP contribution in [-0.2, 0) is 4.74 Å². The fraction of sp³-hybridized carbons (Fsp3) is 0.643. The summed E-state index contributed by atoms with van der Waals surface area (Å²) in [5, 5.41) is 0. The van der Waals surface area contributed by atoms with Gasteiger partial charge in [0.15, 0.2) is 0 Å². The van der Waals surface area contributed by atoms with E-state index in [-0.39, 0.29) is 11.7 Å². The van der Waals surface area contributed by atoms with Gasteiger partial charge in [-0.3, -0.25) is 4.98 Å². The highest BCUT2D eigenvalue weighted by Crippen LogP contribution is 2.51. The van der Waals surface area contributed by atoms with E-state index in [1.54, 1.807) is 11.3 Å². The number of hydrogen-bond acceptors (Lipinski definition) is 3. The third-order valence-corrected chi connectivity index (χ3v) is 5.20. The minimum atomic E-state index is -0.0116. The number of hydrogen-bond donors (Lipinski definition) is 0. The van der Waals surface area contributed by atoms with E-state index in [1.807, 2.05) is 11.7 Å². The predicted molar refractivity (Wildman–Crippen MR) is 70.0 cm³/mol. The molecule has 0 spiro atoms. The van der Waals surface area contributed by atoms with Crippen LogP contribution in [0.15, 0.2) is 23.4 Å². The fourth-order valence-corrected chi connectivity index (χ4v) is 3.84. The molecule has 2 heterocycles. The maximum absolute atomic E-state index is 6.39. The van der Waals surface area contributed by atoms with Gasteiger partial charge in [0.05, 0.1) is 16.0 Å². The van der Waals surface area contributed by atoms with Gasteiger partial charge in [-0.2, -0.15) is 0 Å². The zero-order valence-electron chi connectivity index (χ0n) is 10.6. The second-order valence-electron chi connectivity index (χ2n) is 5.77. The van der Waals surface area contributed by atoms with Crippen LogP contribution in [0.1, 0.15) is 44.6 Å². The Kier molecular flexibility index (Phi) is 2.64. The molecular weight excluding hydrogens is 230 g/mol. The fourth-order valence-electron chi connectivity index (χ4n) is 3.13. The summed E-state index contributed by atoms with van der Waals surface area (Å²) < 4.78 is 6.39. The molecule has 3 unspecified atom stereocenters. The van der Waals surface area contributed by atoms with Crippen LogP contribution < -0.4 is 0 Å². The van der Waals surface area contributed by atoms with E-state index in [2.05, 4.69) is 31.8 Å². The van der Waals surface area contributed by atoms with Gasteiger partial charge in [0, 0.05) is 12.1 Å². The first-order valence-electron chi connectivity index (χ1n) is 6.31. The Labute approximate surface area is 107 Å². The van der Waals surface area contributed by atoms with Crippen molar-refractivity contribution < 1.29 is 4.74 Å². The zero-order valence-corrected chi connectivity index (χ0v) is 11.5. The average molecular weight is 249 g/mol. The van der Waals surface area contributed by atoms with Crippen molar-refractivity contribution in [3.63, 3.8) is 0 Å². The smallest absolute Gasteiger partial charge is 0.100 e. The summed E-state index contributed by atoms with van der Waals surface area (Å²) in [4.78, 5) is 5.47. The van der Waals surface area contributed by atoms with Gasteiger partial charge in [-0.1, -0.05) is 11.6 Å². The highest BCUT2D eigenvalue weighted by Gasteiger charge is 2.45. The van der Waals surface area contributed by atoms with Crippen LogP contribution >= 0.6 is 11.3 Å². The SMILES string of the molecule is CC1=CCC2CC1C(c1cncs1)OC2(C)C. The van der Waals surface area contributed by atoms with Crippen LogP contribution in [0.3, 0.4) is 0 Å². The number of nitrogens with zero attached hydrogens (tertiary/aromatic N) is 1. The monoisotopic (exact) mass is 249 g/mol. The Bertz CT molecular complexity index is 435. The van der Waals surface area contributed by atoms with Crippen molar-refractivity contribution in [3.05, 3.63) is 28.2 Å². The number of thiazole rings is 1. The van der Waals surface area contributed by atoms with Gasteiger partial charge >= 0.3 is 0 Å². The molecule has 1 aliphatic carbocycles. The minimum Gasteiger partial charge on any atom is -0.366 e. The van der Waals surface area contributed by atoms with Crippen molar-refractivity contribution in [1.82, 2.24) is 4.98 Å². The second-order valence-corrected chi connectivity index (χ2v) is 6.69. The quantitative estimate of drug-likeness (QED) is 0.703. The van der Waals surface area contributed by atoms with Crippen molar-refractivity contribution in [3.8, 4) is 0 Å². The van der Waals surface area contributed by atoms with Gasteiger partial charge in [0.2, 0.25) is 0 Å². The molecule has 3 rings (SSSR count). The molecule has 17 heavy (non-hydrogen) atoms. The minimum absolute atomic E-state index is 0.0116. The zero-order chi connectivity index (χ0) is 12.0. The number of fused-ring (bicyclic) bond motifs is 2. The maximum Gasteiger partial charge on any atom is 0.100 e. The number of rotatable bonds is 1. The first kappa shape index (κ1) is 11.4. The van der Waals surface area contributed by atoms with Crippen molar-refractivity contribution in [1.29, 1.82) is 0 Å². The highest BCUT2D eigenvalue weighted by atomic mass is 32.1. The summed E-state index contributed by atoms with van der Waals surface area (Å²) in [6.45, 7) is 6.71. The number of ether oxygens (including phenoxy) is 1. The van der Waals surface area contributed by atoms with Crippen LogP contribution in [0.5, 0.6) is 0 Å². The summed E-state index contributed by atoms with van der Waals surface area (Å²) in [6, 6.07) is 0. The van der Waals surface area contributed by atoms with Crippen molar-refractivity contribution >= 4 is 11.3 Å². The first-order valence-corrected chi connectivity index (χ1v) is 7.19. The molecule has 0 radical (unpaired) electrons. The van der Waals surface area contributed by atoms with E-state index in [0.717, 1.165) is 0 Å². The first-order chi connectivity index (χ1) is 8.08. The Balaban J connectivity index is 1.98. The normalized spacial score (nSPS) is 35.5. The van der Waals surface area contributed by atoms with Crippen molar-refractivity contribution in [2.45, 2.75) is 45.3 Å². The van der Waals surface area contributed by atoms with Gasteiger partial charge in [-0.15, -0.1) is 11.3 Å². The molecule has 2 aliphatic rings. The third-order valence-electron chi connectivity index (χ3n) is 4.36. The van der Waals surface area contributed by atoms with Crippen molar-refractivity contribution in [2.24, 2.45) is 11.8 Å². The van der Waals surface area contributed by atoms with Gasteiger partial charge in [0.25, 0.3) is 0 Å². The molecule has 3 heteroatoms. The van der Waals surface area contributed by atoms with E-state index in [0.29, 0.717) is 11.8 Å². The topological polar surface area (TPSA) is 22.1 Å². The van der Waals surface area contributed by atoms with Crippen LogP contribution in [0.4, 0.5) is 0 Å². The molecule has 92 valence electrons. The summed E-state index contributed by atoms with van der Waals surface area (Å²) in [6.07, 6.45) is 7.03. The van der Waals surface area contributed by atoms with E-state index < -0.39 is 0 Å². The Morgan fingerprint density at radius 1 is 1.47 bits per heavy atom. The largest absolute Gasteiger partial charge is 0.366 e. The Hall–Kier alpha value is -0.670. The van der Waals surface area contributed by atoms with Crippen molar-refractivity contribution in [2.75, 3.05) is 0 Å². The Morgan fingerprint density at radius 2 is 2.29 bits per heavy atom. The van der Waals surface area contributed by atoms with E-state index in [4.69, 9.17) is 4.74 Å². The number of allylic oxidation sites excluding steroid dienone is 1. The van der Waals surface area contributed by atoms with Gasteiger partial charge < -0.3 is 4.74 Å². The standard InChI is InChI=1S/C14H19NOS/c1-9-4-5-10-6-11(9)13(16-14(10,2)3)12-7-15-8-17-12/h4,7-8,10-11,13H,5-6H2,1-3H3. The van der Waals surface area contributed by atoms with E-state index in [1.165, 1.54) is 23.3 Å². The molecule has 1 aromatic heterocycles. The van der Waals surface area contributed by atoms with Crippen LogP contribution in [0.2, 0.25) is 0 Å². The average Bonchev–Trinajstić information content (AvgIpc) is 2.79. The molecule has 0 amide bonds. The molecule has 0 saturated carbocycles. The van der Waals surface area contributed by atoms with Crippen LogP contribution in [0.25, 0.3) is 0 Å². The molecular formula is C14H19NOS. The molecule has 2 bridgehead atoms. The van der Waals surface area contributed by atoms with Gasteiger partial charge in [-0.05, 0) is 39.5 Å². The van der Waals surface area contributed by atoms with Crippen LogP contribution in [0, 0.1) is 11.8 Å². The summed E-state index contributed by atoms with van der Waals surface area (Å²) in [5.74, 6) is 1.22. The third kappa shape index (κ3) is 1.85. The number of aromatic nitrogens is 1. The lowest BCUT2D eigenvalue weighted by atomic mass is 9.69. The van der Waals surface area contributed by atoms with Gasteiger partial charge in [0.1, 0.15) is 6.10 Å². The van der Waals surface area contributed by atoms with Gasteiger partial charge in [-0.25, -0.2) is 0 Å². The molecule has 2 nitrogen and oxygen atoms in total. The van der Waals surface area contributed by atoms with E-state index in [9.17, 15) is 0 Å². The lowest BCUT2D eigenvalue weighted by Crippen LogP contribution is -2.45. The maximum atomic E-state index is 6.39. The lowest BCUT2D eigenvalue weighted by molar-refractivity contribution is -0.165. The summed E-state index contributed by atoms with van der Waals surface area (Å²) in [7, 11) is 0. The van der Waals surface area contributed by atoms with Crippen LogP contribution in [-0.4, -0.2) is 10.6 Å². The molecule has 0 N–H and O–H groups in total. The van der Waals surface area contributed by atoms with E-state index >= 15 is 0 Å². The Morgan fingerprint density at radius 3 is 3.00 bits per heavy atom. The lowest BCUT2D eigenvalue weighted by Gasteiger charge is -2.49. The molecule has 1 fully saturated rings. The molecule has 0 aromatic carbocycles. The summed E-state index contributed by atoms with van der Waals surface area (Å²) in [5.41, 5.74) is 3.39. The summed E-state index contributed by atoms with van der Waals surface area (Å²) >= 11 is 1.71.